The SMILES string of the molecule is CNC(C(=O)N1CCC(c2ccccc2OC)C1)c1cnn(C)c1.Cl. The molecule has 0 spiro atoms. The van der Waals surface area contributed by atoms with Crippen molar-refractivity contribution in [2.45, 2.75) is 18.4 Å². The minimum atomic E-state index is -0.352. The van der Waals surface area contributed by atoms with Crippen molar-refractivity contribution in [1.82, 2.24) is 20.0 Å². The number of carbonyl (C=O) groups excluding carboxylic acids is 1. The molecule has 1 amide bonds. The lowest BCUT2D eigenvalue weighted by molar-refractivity contribution is -0.132. The average molecular weight is 365 g/mol. The van der Waals surface area contributed by atoms with Crippen LogP contribution in [0, 0.1) is 0 Å². The largest absolute Gasteiger partial charge is 0.496 e. The van der Waals surface area contributed by atoms with Gasteiger partial charge in [-0.3, -0.25) is 9.48 Å². The van der Waals surface area contributed by atoms with Gasteiger partial charge >= 0.3 is 0 Å². The van der Waals surface area contributed by atoms with Crippen molar-refractivity contribution in [3.05, 3.63) is 47.8 Å². The molecule has 1 aromatic carbocycles. The molecule has 0 aliphatic carbocycles. The first-order valence-electron chi connectivity index (χ1n) is 8.21. The lowest BCUT2D eigenvalue weighted by atomic mass is 9.97. The molecular formula is C18H25ClN4O2. The Morgan fingerprint density at radius 1 is 1.40 bits per heavy atom. The molecule has 7 heteroatoms. The number of rotatable bonds is 5. The predicted molar refractivity (Wildman–Crippen MR) is 99.2 cm³/mol. The number of carbonyl (C=O) groups is 1. The number of amides is 1. The third-order valence-corrected chi connectivity index (χ3v) is 4.67. The molecule has 1 aromatic heterocycles. The highest BCUT2D eigenvalue weighted by atomic mass is 35.5. The monoisotopic (exact) mass is 364 g/mol. The molecule has 1 saturated heterocycles. The van der Waals surface area contributed by atoms with Gasteiger partial charge in [-0.2, -0.15) is 5.10 Å². The van der Waals surface area contributed by atoms with Crippen molar-refractivity contribution in [2.24, 2.45) is 7.05 Å². The van der Waals surface area contributed by atoms with E-state index in [1.807, 2.05) is 43.4 Å². The number of benzene rings is 1. The molecule has 2 heterocycles. The number of ether oxygens (including phenoxy) is 1. The van der Waals surface area contributed by atoms with E-state index in [9.17, 15) is 4.79 Å². The second-order valence-corrected chi connectivity index (χ2v) is 6.18. The topological polar surface area (TPSA) is 59.4 Å². The molecule has 25 heavy (non-hydrogen) atoms. The fourth-order valence-electron chi connectivity index (χ4n) is 3.42. The van der Waals surface area contributed by atoms with Gasteiger partial charge < -0.3 is 15.0 Å². The number of aryl methyl sites for hydroxylation is 1. The summed E-state index contributed by atoms with van der Waals surface area (Å²) in [5.74, 6) is 1.31. The summed E-state index contributed by atoms with van der Waals surface area (Å²) >= 11 is 0. The summed E-state index contributed by atoms with van der Waals surface area (Å²) in [5, 5.41) is 7.29. The number of nitrogens with one attached hydrogen (secondary N) is 1. The molecule has 2 atom stereocenters. The smallest absolute Gasteiger partial charge is 0.244 e. The normalized spacial score (nSPS) is 17.9. The van der Waals surface area contributed by atoms with Crippen LogP contribution in [0.5, 0.6) is 5.75 Å². The molecule has 6 nitrogen and oxygen atoms in total. The van der Waals surface area contributed by atoms with Crippen LogP contribution in [0.2, 0.25) is 0 Å². The molecular weight excluding hydrogens is 340 g/mol. The first kappa shape index (κ1) is 19.3. The highest BCUT2D eigenvalue weighted by molar-refractivity contribution is 5.85. The summed E-state index contributed by atoms with van der Waals surface area (Å²) in [4.78, 5) is 14.8. The van der Waals surface area contributed by atoms with Crippen LogP contribution in [0.1, 0.15) is 29.5 Å². The van der Waals surface area contributed by atoms with Crippen LogP contribution in [0.15, 0.2) is 36.7 Å². The third kappa shape index (κ3) is 3.96. The number of likely N-dealkylation sites (N-methyl/N-ethyl adjacent to an activating group) is 1. The molecule has 0 bridgehead atoms. The Hall–Kier alpha value is -2.05. The van der Waals surface area contributed by atoms with Gasteiger partial charge in [0.05, 0.1) is 13.3 Å². The minimum absolute atomic E-state index is 0. The molecule has 1 aliphatic heterocycles. The van der Waals surface area contributed by atoms with Crippen LogP contribution in [-0.4, -0.2) is 47.8 Å². The fourth-order valence-corrected chi connectivity index (χ4v) is 3.42. The standard InChI is InChI=1S/C18H24N4O2.ClH/c1-19-17(14-10-20-21(2)11-14)18(23)22-9-8-13(12-22)15-6-4-5-7-16(15)24-3;/h4-7,10-11,13,17,19H,8-9,12H2,1-3H3;1H. The summed E-state index contributed by atoms with van der Waals surface area (Å²) in [5.41, 5.74) is 2.07. The lowest BCUT2D eigenvalue weighted by Crippen LogP contribution is -2.38. The molecule has 136 valence electrons. The third-order valence-electron chi connectivity index (χ3n) is 4.67. The van der Waals surface area contributed by atoms with E-state index in [0.717, 1.165) is 30.8 Å². The van der Waals surface area contributed by atoms with Crippen LogP contribution < -0.4 is 10.1 Å². The van der Waals surface area contributed by atoms with Gasteiger partial charge in [-0.05, 0) is 25.1 Å². The zero-order valence-electron chi connectivity index (χ0n) is 14.8. The number of aromatic nitrogens is 2. The van der Waals surface area contributed by atoms with Gasteiger partial charge in [0.1, 0.15) is 11.8 Å². The van der Waals surface area contributed by atoms with Gasteiger partial charge in [-0.1, -0.05) is 18.2 Å². The highest BCUT2D eigenvalue weighted by Gasteiger charge is 2.33. The van der Waals surface area contributed by atoms with Crippen molar-refractivity contribution >= 4 is 18.3 Å². The fraction of sp³-hybridized carbons (Fsp3) is 0.444. The number of nitrogens with zero attached hydrogens (tertiary/aromatic N) is 3. The lowest BCUT2D eigenvalue weighted by Gasteiger charge is -2.23. The van der Waals surface area contributed by atoms with Crippen LogP contribution in [0.4, 0.5) is 0 Å². The van der Waals surface area contributed by atoms with Crippen molar-refractivity contribution in [3.8, 4) is 5.75 Å². The first-order chi connectivity index (χ1) is 11.6. The molecule has 0 saturated carbocycles. The molecule has 2 unspecified atom stereocenters. The van der Waals surface area contributed by atoms with Gasteiger partial charge in [-0.25, -0.2) is 0 Å². The van der Waals surface area contributed by atoms with E-state index < -0.39 is 0 Å². The first-order valence-corrected chi connectivity index (χ1v) is 8.21. The van der Waals surface area contributed by atoms with Gasteiger partial charge in [0.25, 0.3) is 0 Å². The number of para-hydroxylation sites is 1. The van der Waals surface area contributed by atoms with Crippen molar-refractivity contribution in [2.75, 3.05) is 27.2 Å². The molecule has 1 fully saturated rings. The average Bonchev–Trinajstić information content (AvgIpc) is 3.25. The van der Waals surface area contributed by atoms with Gasteiger partial charge in [-0.15, -0.1) is 12.4 Å². The van der Waals surface area contributed by atoms with E-state index >= 15 is 0 Å². The molecule has 3 rings (SSSR count). The van der Waals surface area contributed by atoms with E-state index in [0.29, 0.717) is 5.92 Å². The van der Waals surface area contributed by atoms with Gasteiger partial charge in [0.15, 0.2) is 0 Å². The highest BCUT2D eigenvalue weighted by Crippen LogP contribution is 2.34. The zero-order valence-corrected chi connectivity index (χ0v) is 15.6. The van der Waals surface area contributed by atoms with Crippen molar-refractivity contribution in [1.29, 1.82) is 0 Å². The Balaban J connectivity index is 0.00000225. The summed E-state index contributed by atoms with van der Waals surface area (Å²) in [6.45, 7) is 1.48. The maximum Gasteiger partial charge on any atom is 0.244 e. The summed E-state index contributed by atoms with van der Waals surface area (Å²) < 4.78 is 7.18. The van der Waals surface area contributed by atoms with E-state index in [1.165, 1.54) is 5.56 Å². The molecule has 1 aliphatic rings. The number of hydrogen-bond acceptors (Lipinski definition) is 4. The summed E-state index contributed by atoms with van der Waals surface area (Å²) in [7, 11) is 5.35. The van der Waals surface area contributed by atoms with Crippen LogP contribution in [-0.2, 0) is 11.8 Å². The Bertz CT molecular complexity index is 719. The zero-order chi connectivity index (χ0) is 17.1. The molecule has 1 N–H and O–H groups in total. The second kappa shape index (κ2) is 8.36. The van der Waals surface area contributed by atoms with E-state index in [-0.39, 0.29) is 24.4 Å². The second-order valence-electron chi connectivity index (χ2n) is 6.18. The number of likely N-dealkylation sites (tertiary alicyclic amines) is 1. The van der Waals surface area contributed by atoms with E-state index in [4.69, 9.17) is 4.74 Å². The molecule has 2 aromatic rings. The number of halogens is 1. The quantitative estimate of drug-likeness (QED) is 0.883. The van der Waals surface area contributed by atoms with E-state index in [2.05, 4.69) is 16.5 Å². The number of methoxy groups -OCH3 is 1. The van der Waals surface area contributed by atoms with Crippen LogP contribution in [0.3, 0.4) is 0 Å². The Morgan fingerprint density at radius 3 is 2.80 bits per heavy atom. The number of hydrogen-bond donors (Lipinski definition) is 1. The summed E-state index contributed by atoms with van der Waals surface area (Å²) in [6.07, 6.45) is 4.58. The minimum Gasteiger partial charge on any atom is -0.496 e. The summed E-state index contributed by atoms with van der Waals surface area (Å²) in [6, 6.07) is 7.71. The maximum absolute atomic E-state index is 12.9. The van der Waals surface area contributed by atoms with Gasteiger partial charge in [0.2, 0.25) is 5.91 Å². The molecule has 0 radical (unpaired) electrons. The van der Waals surface area contributed by atoms with Crippen LogP contribution >= 0.6 is 12.4 Å². The van der Waals surface area contributed by atoms with Crippen molar-refractivity contribution in [3.63, 3.8) is 0 Å². The van der Waals surface area contributed by atoms with Gasteiger partial charge in [0, 0.05) is 37.8 Å². The Labute approximate surface area is 154 Å². The van der Waals surface area contributed by atoms with Crippen molar-refractivity contribution < 1.29 is 9.53 Å². The Morgan fingerprint density at radius 2 is 2.16 bits per heavy atom. The Kier molecular flexibility index (Phi) is 6.45. The maximum atomic E-state index is 12.9. The van der Waals surface area contributed by atoms with E-state index in [1.54, 1.807) is 18.0 Å². The predicted octanol–water partition coefficient (Wildman–Crippen LogP) is 2.13. The van der Waals surface area contributed by atoms with Crippen LogP contribution in [0.25, 0.3) is 0 Å².